The molecule has 0 amide bonds. The Morgan fingerprint density at radius 2 is 1.72 bits per heavy atom. The highest BCUT2D eigenvalue weighted by atomic mass is 19.1. The van der Waals surface area contributed by atoms with Gasteiger partial charge in [-0.05, 0) is 25.3 Å². The van der Waals surface area contributed by atoms with Gasteiger partial charge in [0.2, 0.25) is 0 Å². The minimum Gasteiger partial charge on any atom is -0.387 e. The van der Waals surface area contributed by atoms with E-state index in [0.717, 1.165) is 19.3 Å². The van der Waals surface area contributed by atoms with Crippen LogP contribution < -0.4 is 5.32 Å². The molecular weight excluding hydrogens is 229 g/mol. The average Bonchev–Trinajstić information content (AvgIpc) is 2.41. The molecule has 3 heteroatoms. The summed E-state index contributed by atoms with van der Waals surface area (Å²) in [5.41, 5.74) is 0.411. The van der Waals surface area contributed by atoms with Crippen molar-refractivity contribution in [3.8, 4) is 0 Å². The summed E-state index contributed by atoms with van der Waals surface area (Å²) in [5, 5.41) is 13.4. The first-order valence-corrected chi connectivity index (χ1v) is 6.76. The van der Waals surface area contributed by atoms with Gasteiger partial charge in [0.1, 0.15) is 5.82 Å². The van der Waals surface area contributed by atoms with Crippen molar-refractivity contribution in [3.05, 3.63) is 35.6 Å². The summed E-state index contributed by atoms with van der Waals surface area (Å²) in [6.07, 6.45) is 2.22. The predicted octanol–water partition coefficient (Wildman–Crippen LogP) is 3.42. The quantitative estimate of drug-likeness (QED) is 0.780. The van der Waals surface area contributed by atoms with Crippen LogP contribution in [0.4, 0.5) is 4.39 Å². The molecule has 2 N–H and O–H groups in total. The van der Waals surface area contributed by atoms with Gasteiger partial charge in [-0.2, -0.15) is 0 Å². The van der Waals surface area contributed by atoms with Crippen molar-refractivity contribution < 1.29 is 9.50 Å². The van der Waals surface area contributed by atoms with Crippen LogP contribution in [0.25, 0.3) is 0 Å². The molecule has 0 aliphatic rings. The van der Waals surface area contributed by atoms with Crippen molar-refractivity contribution in [3.63, 3.8) is 0 Å². The fraction of sp³-hybridized carbons (Fsp3) is 0.600. The molecule has 1 unspecified atom stereocenters. The Bertz CT molecular complexity index is 355. The first-order valence-electron chi connectivity index (χ1n) is 6.76. The second-order valence-corrected chi connectivity index (χ2v) is 4.76. The van der Waals surface area contributed by atoms with Crippen LogP contribution in [0.5, 0.6) is 0 Å². The van der Waals surface area contributed by atoms with E-state index in [1.165, 1.54) is 6.07 Å². The molecule has 1 aromatic rings. The molecule has 1 aromatic carbocycles. The van der Waals surface area contributed by atoms with Crippen molar-refractivity contribution in [1.82, 2.24) is 5.32 Å². The second kappa shape index (κ2) is 6.86. The number of nitrogens with one attached hydrogen (secondary N) is 1. The third kappa shape index (κ3) is 3.53. The van der Waals surface area contributed by atoms with Gasteiger partial charge >= 0.3 is 0 Å². The van der Waals surface area contributed by atoms with E-state index in [4.69, 9.17) is 0 Å². The van der Waals surface area contributed by atoms with Crippen molar-refractivity contribution in [1.29, 1.82) is 0 Å². The molecule has 0 radical (unpaired) electrons. The maximum Gasteiger partial charge on any atom is 0.129 e. The number of benzene rings is 1. The summed E-state index contributed by atoms with van der Waals surface area (Å²) in [6, 6.07) is 6.39. The molecule has 0 fully saturated rings. The Hall–Kier alpha value is -0.930. The van der Waals surface area contributed by atoms with E-state index in [1.807, 2.05) is 0 Å². The first kappa shape index (κ1) is 15.1. The normalized spacial score (nSPS) is 13.6. The van der Waals surface area contributed by atoms with E-state index in [2.05, 4.69) is 26.1 Å². The van der Waals surface area contributed by atoms with E-state index >= 15 is 0 Å². The molecule has 0 heterocycles. The summed E-state index contributed by atoms with van der Waals surface area (Å²) in [5.74, 6) is -0.345. The summed E-state index contributed by atoms with van der Waals surface area (Å²) >= 11 is 0. The van der Waals surface area contributed by atoms with Crippen LogP contribution in [0.15, 0.2) is 24.3 Å². The largest absolute Gasteiger partial charge is 0.387 e. The molecule has 0 spiro atoms. The van der Waals surface area contributed by atoms with Crippen LogP contribution in [-0.2, 0) is 0 Å². The zero-order valence-electron chi connectivity index (χ0n) is 11.5. The maximum absolute atomic E-state index is 13.5. The molecule has 0 aliphatic carbocycles. The summed E-state index contributed by atoms with van der Waals surface area (Å²) in [7, 11) is 0. The Balaban J connectivity index is 2.66. The first-order chi connectivity index (χ1) is 8.58. The van der Waals surface area contributed by atoms with Gasteiger partial charge in [-0.25, -0.2) is 4.39 Å². The Labute approximate surface area is 109 Å². The minimum atomic E-state index is -0.796. The lowest BCUT2D eigenvalue weighted by atomic mass is 9.89. The molecule has 18 heavy (non-hydrogen) atoms. The molecule has 0 bridgehead atoms. The number of aliphatic hydroxyl groups is 1. The fourth-order valence-electron chi connectivity index (χ4n) is 2.29. The lowest BCUT2D eigenvalue weighted by Crippen LogP contribution is -2.45. The van der Waals surface area contributed by atoms with E-state index < -0.39 is 6.10 Å². The SMILES string of the molecule is CCC(CC)(CC)NCC(O)c1ccccc1F. The van der Waals surface area contributed by atoms with Crippen molar-refractivity contribution in [2.45, 2.75) is 51.7 Å². The maximum atomic E-state index is 13.5. The van der Waals surface area contributed by atoms with Crippen LogP contribution in [0.1, 0.15) is 51.7 Å². The predicted molar refractivity (Wildman–Crippen MR) is 73.0 cm³/mol. The lowest BCUT2D eigenvalue weighted by Gasteiger charge is -2.33. The molecular formula is C15H24FNO. The Kier molecular flexibility index (Phi) is 5.76. The highest BCUT2D eigenvalue weighted by Crippen LogP contribution is 2.22. The molecule has 0 aliphatic heterocycles. The van der Waals surface area contributed by atoms with Gasteiger partial charge in [-0.3, -0.25) is 0 Å². The molecule has 1 atom stereocenters. The number of aliphatic hydroxyl groups excluding tert-OH is 1. The number of halogens is 1. The highest BCUT2D eigenvalue weighted by molar-refractivity contribution is 5.20. The minimum absolute atomic E-state index is 0.0479. The average molecular weight is 253 g/mol. The Morgan fingerprint density at radius 1 is 1.17 bits per heavy atom. The van der Waals surface area contributed by atoms with Crippen LogP contribution in [-0.4, -0.2) is 17.2 Å². The zero-order valence-corrected chi connectivity index (χ0v) is 11.5. The van der Waals surface area contributed by atoms with Crippen molar-refractivity contribution >= 4 is 0 Å². The number of rotatable bonds is 7. The van der Waals surface area contributed by atoms with Gasteiger partial charge in [0.05, 0.1) is 6.10 Å². The summed E-state index contributed by atoms with van der Waals surface area (Å²) < 4.78 is 13.5. The van der Waals surface area contributed by atoms with Gasteiger partial charge in [-0.15, -0.1) is 0 Å². The van der Waals surface area contributed by atoms with Crippen LogP contribution >= 0.6 is 0 Å². The number of hydrogen-bond acceptors (Lipinski definition) is 2. The number of hydrogen-bond donors (Lipinski definition) is 2. The standard InChI is InChI=1S/C15H24FNO/c1-4-15(5-2,6-3)17-11-14(18)12-9-7-8-10-13(12)16/h7-10,14,17-18H,4-6,11H2,1-3H3. The molecule has 0 aromatic heterocycles. The third-order valence-electron chi connectivity index (χ3n) is 3.96. The van der Waals surface area contributed by atoms with Crippen LogP contribution in [0.3, 0.4) is 0 Å². The molecule has 1 rings (SSSR count). The van der Waals surface area contributed by atoms with E-state index in [9.17, 15) is 9.50 Å². The van der Waals surface area contributed by atoms with Crippen LogP contribution in [0, 0.1) is 5.82 Å². The molecule has 0 saturated heterocycles. The second-order valence-electron chi connectivity index (χ2n) is 4.76. The van der Waals surface area contributed by atoms with Gasteiger partial charge in [0.25, 0.3) is 0 Å². The topological polar surface area (TPSA) is 32.3 Å². The summed E-state index contributed by atoms with van der Waals surface area (Å²) in [6.45, 7) is 6.79. The summed E-state index contributed by atoms with van der Waals surface area (Å²) in [4.78, 5) is 0. The van der Waals surface area contributed by atoms with Crippen LogP contribution in [0.2, 0.25) is 0 Å². The highest BCUT2D eigenvalue weighted by Gasteiger charge is 2.24. The fourth-order valence-corrected chi connectivity index (χ4v) is 2.29. The Morgan fingerprint density at radius 3 is 2.22 bits per heavy atom. The van der Waals surface area contributed by atoms with Crippen molar-refractivity contribution in [2.75, 3.05) is 6.54 Å². The van der Waals surface area contributed by atoms with Gasteiger partial charge in [0, 0.05) is 17.6 Å². The van der Waals surface area contributed by atoms with Gasteiger partial charge in [-0.1, -0.05) is 39.0 Å². The monoisotopic (exact) mass is 253 g/mol. The lowest BCUT2D eigenvalue weighted by molar-refractivity contribution is 0.147. The van der Waals surface area contributed by atoms with Gasteiger partial charge in [0.15, 0.2) is 0 Å². The molecule has 2 nitrogen and oxygen atoms in total. The third-order valence-corrected chi connectivity index (χ3v) is 3.96. The molecule has 0 saturated carbocycles. The van der Waals surface area contributed by atoms with E-state index in [-0.39, 0.29) is 11.4 Å². The molecule has 102 valence electrons. The smallest absolute Gasteiger partial charge is 0.129 e. The van der Waals surface area contributed by atoms with E-state index in [1.54, 1.807) is 18.2 Å². The van der Waals surface area contributed by atoms with E-state index in [0.29, 0.717) is 12.1 Å². The van der Waals surface area contributed by atoms with Crippen molar-refractivity contribution in [2.24, 2.45) is 0 Å². The number of β-amino-alcohol motifs (C(OH)–C–C–N with tert-alkyl or cyclic N) is 1. The van der Waals surface area contributed by atoms with Gasteiger partial charge < -0.3 is 10.4 Å². The zero-order chi connectivity index (χ0) is 13.6.